The van der Waals surface area contributed by atoms with Crippen LogP contribution in [0.15, 0.2) is 76.9 Å². The van der Waals surface area contributed by atoms with Crippen LogP contribution in [0.5, 0.6) is 5.75 Å². The first-order valence-corrected chi connectivity index (χ1v) is 16.4. The summed E-state index contributed by atoms with van der Waals surface area (Å²) in [5, 5.41) is 25.6. The van der Waals surface area contributed by atoms with E-state index in [0.717, 1.165) is 45.6 Å². The molecule has 0 aliphatic carbocycles. The number of rotatable bonds is 8. The predicted molar refractivity (Wildman–Crippen MR) is 168 cm³/mol. The maximum absolute atomic E-state index is 13.0. The molecule has 1 fully saturated rings. The Kier molecular flexibility index (Phi) is 10.1. The van der Waals surface area contributed by atoms with Crippen molar-refractivity contribution in [3.63, 3.8) is 0 Å². The standard InChI is InChI=1S/C30H18F6N8O5S2/c31-29(32,33)9-10-49-24-8-1-17(13-37)11-23(24)44-25(45)15-50-28(44)41-27(46)40-22-7-2-18(12-19(22)14-38)26-39-16-43(42-26)20-3-5-21(6-4-20)51(47,48)30(34,35)36/h1-8,11-12,16H,9-10,15H2,(H,40,46)/b41-28-. The molecule has 1 aromatic heterocycles. The first-order valence-electron chi connectivity index (χ1n) is 14.0. The van der Waals surface area contributed by atoms with Crippen LogP contribution in [0.3, 0.4) is 0 Å². The molecule has 1 aliphatic rings. The van der Waals surface area contributed by atoms with Crippen molar-refractivity contribution in [2.24, 2.45) is 4.99 Å². The number of nitrogens with zero attached hydrogens (tertiary/aromatic N) is 7. The van der Waals surface area contributed by atoms with E-state index in [1.807, 2.05) is 12.1 Å². The number of amides is 3. The minimum absolute atomic E-state index is 0.0139. The van der Waals surface area contributed by atoms with Gasteiger partial charge in [-0.2, -0.15) is 41.9 Å². The Morgan fingerprint density at radius 2 is 1.75 bits per heavy atom. The third-order valence-corrected chi connectivity index (χ3v) is 9.21. The average Bonchev–Trinajstić information content (AvgIpc) is 3.71. The number of aliphatic imine (C=N–C) groups is 1. The lowest BCUT2D eigenvalue weighted by Crippen LogP contribution is -2.31. The van der Waals surface area contributed by atoms with Gasteiger partial charge < -0.3 is 10.1 Å². The molecule has 5 rings (SSSR count). The second-order valence-corrected chi connectivity index (χ2v) is 13.1. The first kappa shape index (κ1) is 36.4. The summed E-state index contributed by atoms with van der Waals surface area (Å²) in [6.45, 7) is -0.780. The minimum atomic E-state index is -5.55. The van der Waals surface area contributed by atoms with Crippen LogP contribution in [0.1, 0.15) is 17.5 Å². The van der Waals surface area contributed by atoms with Gasteiger partial charge in [-0.1, -0.05) is 11.8 Å². The van der Waals surface area contributed by atoms with Crippen molar-refractivity contribution >= 4 is 50.1 Å². The normalized spacial score (nSPS) is 14.3. The highest BCUT2D eigenvalue weighted by molar-refractivity contribution is 8.15. The number of amidine groups is 1. The second kappa shape index (κ2) is 14.1. The van der Waals surface area contributed by atoms with Gasteiger partial charge >= 0.3 is 17.7 Å². The van der Waals surface area contributed by atoms with Gasteiger partial charge in [0.15, 0.2) is 11.0 Å². The topological polar surface area (TPSA) is 183 Å². The number of carbonyl (C=O) groups is 2. The third-order valence-electron chi connectivity index (χ3n) is 6.78. The Morgan fingerprint density at radius 3 is 2.39 bits per heavy atom. The van der Waals surface area contributed by atoms with E-state index < -0.39 is 51.4 Å². The van der Waals surface area contributed by atoms with Crippen molar-refractivity contribution in [1.29, 1.82) is 10.5 Å². The van der Waals surface area contributed by atoms with Gasteiger partial charge in [-0.3, -0.25) is 9.69 Å². The minimum Gasteiger partial charge on any atom is -0.491 e. The molecule has 13 nitrogen and oxygen atoms in total. The molecule has 0 spiro atoms. The van der Waals surface area contributed by atoms with E-state index in [0.29, 0.717) is 0 Å². The summed E-state index contributed by atoms with van der Waals surface area (Å²) >= 11 is 0.839. The average molecular weight is 749 g/mol. The molecule has 0 bridgehead atoms. The molecular formula is C30H18F6N8O5S2. The van der Waals surface area contributed by atoms with Gasteiger partial charge in [0.1, 0.15) is 18.1 Å². The van der Waals surface area contributed by atoms with E-state index in [1.54, 1.807) is 0 Å². The highest BCUT2D eigenvalue weighted by Gasteiger charge is 2.46. The Balaban J connectivity index is 1.34. The molecule has 1 N–H and O–H groups in total. The van der Waals surface area contributed by atoms with Crippen LogP contribution < -0.4 is 15.0 Å². The highest BCUT2D eigenvalue weighted by Crippen LogP contribution is 2.36. The van der Waals surface area contributed by atoms with Crippen LogP contribution in [-0.2, 0) is 14.6 Å². The fourth-order valence-electron chi connectivity index (χ4n) is 4.39. The van der Waals surface area contributed by atoms with E-state index in [4.69, 9.17) is 4.74 Å². The number of sulfone groups is 1. The lowest BCUT2D eigenvalue weighted by atomic mass is 10.1. The van der Waals surface area contributed by atoms with Crippen LogP contribution in [-0.4, -0.2) is 64.3 Å². The lowest BCUT2D eigenvalue weighted by molar-refractivity contribution is -0.139. The molecule has 4 aromatic rings. The van der Waals surface area contributed by atoms with E-state index in [9.17, 15) is 54.9 Å². The fourth-order valence-corrected chi connectivity index (χ4v) is 6.01. The number of nitriles is 2. The smallest absolute Gasteiger partial charge is 0.491 e. The Hall–Kier alpha value is -5.93. The van der Waals surface area contributed by atoms with Crippen molar-refractivity contribution in [3.8, 4) is 35.0 Å². The Labute approximate surface area is 287 Å². The van der Waals surface area contributed by atoms with Gasteiger partial charge in [-0.25, -0.2) is 22.9 Å². The van der Waals surface area contributed by atoms with E-state index in [1.165, 1.54) is 42.7 Å². The van der Waals surface area contributed by atoms with Crippen LogP contribution in [0.25, 0.3) is 17.1 Å². The summed E-state index contributed by atoms with van der Waals surface area (Å²) in [5.41, 5.74) is -5.16. The summed E-state index contributed by atoms with van der Waals surface area (Å²) in [7, 11) is -5.55. The van der Waals surface area contributed by atoms with Gasteiger partial charge in [0.25, 0.3) is 9.84 Å². The summed E-state index contributed by atoms with van der Waals surface area (Å²) in [6.07, 6.45) is -4.60. The van der Waals surface area contributed by atoms with Crippen molar-refractivity contribution < 1.29 is 49.1 Å². The van der Waals surface area contributed by atoms with Gasteiger partial charge in [0.05, 0.1) is 57.9 Å². The Morgan fingerprint density at radius 1 is 1.02 bits per heavy atom. The maximum Gasteiger partial charge on any atom is 0.501 e. The fraction of sp³-hybridized carbons (Fsp3) is 0.167. The zero-order valence-corrected chi connectivity index (χ0v) is 26.9. The van der Waals surface area contributed by atoms with Gasteiger partial charge in [-0.05, 0) is 60.7 Å². The van der Waals surface area contributed by atoms with E-state index in [-0.39, 0.29) is 56.2 Å². The zero-order valence-electron chi connectivity index (χ0n) is 25.2. The number of benzene rings is 3. The summed E-state index contributed by atoms with van der Waals surface area (Å²) in [6, 6.07) is 14.2. The predicted octanol–water partition coefficient (Wildman–Crippen LogP) is 5.97. The lowest BCUT2D eigenvalue weighted by Gasteiger charge is -2.20. The number of ether oxygens (including phenoxy) is 1. The molecule has 0 saturated carbocycles. The van der Waals surface area contributed by atoms with Crippen LogP contribution >= 0.6 is 11.8 Å². The molecular weight excluding hydrogens is 731 g/mol. The van der Waals surface area contributed by atoms with Crippen molar-refractivity contribution in [1.82, 2.24) is 14.8 Å². The number of hydrogen-bond acceptors (Lipinski definition) is 10. The van der Waals surface area contributed by atoms with Crippen molar-refractivity contribution in [2.45, 2.75) is 23.0 Å². The number of halogens is 6. The molecule has 0 atom stereocenters. The largest absolute Gasteiger partial charge is 0.501 e. The quantitative estimate of drug-likeness (QED) is 0.211. The highest BCUT2D eigenvalue weighted by atomic mass is 32.2. The van der Waals surface area contributed by atoms with Crippen molar-refractivity contribution in [3.05, 3.63) is 78.1 Å². The molecule has 2 heterocycles. The SMILES string of the molecule is N#Cc1ccc(OCCC(F)(F)F)c(N2C(=O)CS/C2=N\C(=O)Nc2ccc(-c3ncn(-c4ccc(S(=O)(=O)C(F)(F)F)cc4)n3)cc2C#N)c1. The molecule has 1 saturated heterocycles. The third kappa shape index (κ3) is 8.11. The number of anilines is 2. The molecule has 51 heavy (non-hydrogen) atoms. The van der Waals surface area contributed by atoms with E-state index in [2.05, 4.69) is 20.4 Å². The molecule has 1 aliphatic heterocycles. The monoisotopic (exact) mass is 748 g/mol. The zero-order chi connectivity index (χ0) is 37.1. The second-order valence-electron chi connectivity index (χ2n) is 10.2. The molecule has 0 radical (unpaired) electrons. The first-order chi connectivity index (χ1) is 24.0. The molecule has 0 unspecified atom stereocenters. The number of thioether (sulfide) groups is 1. The summed E-state index contributed by atoms with van der Waals surface area (Å²) in [5.74, 6) is -0.897. The van der Waals surface area contributed by atoms with Crippen molar-refractivity contribution in [2.75, 3.05) is 22.6 Å². The summed E-state index contributed by atoms with van der Waals surface area (Å²) < 4.78 is 106. The molecule has 21 heteroatoms. The number of alkyl halides is 6. The van der Waals surface area contributed by atoms with Gasteiger partial charge in [-0.15, -0.1) is 5.10 Å². The number of carbonyl (C=O) groups excluding carboxylic acids is 2. The molecule has 262 valence electrons. The van der Waals surface area contributed by atoms with Gasteiger partial charge in [0, 0.05) is 5.56 Å². The molecule has 3 amide bonds. The number of nitrogens with one attached hydrogen (secondary N) is 1. The van der Waals surface area contributed by atoms with Gasteiger partial charge in [0.2, 0.25) is 5.91 Å². The maximum atomic E-state index is 13.0. The van der Waals surface area contributed by atoms with Crippen LogP contribution in [0, 0.1) is 22.7 Å². The molecule has 3 aromatic carbocycles. The van der Waals surface area contributed by atoms with Crippen LogP contribution in [0.2, 0.25) is 0 Å². The number of aromatic nitrogens is 3. The van der Waals surface area contributed by atoms with E-state index >= 15 is 0 Å². The Bertz CT molecular complexity index is 2240. The summed E-state index contributed by atoms with van der Waals surface area (Å²) in [4.78, 5) is 33.8. The van der Waals surface area contributed by atoms with Crippen LogP contribution in [0.4, 0.5) is 42.5 Å². The number of urea groups is 1. The number of hydrogen-bond donors (Lipinski definition) is 1.